The number of aliphatic hydroxyl groups is 1. The van der Waals surface area contributed by atoms with E-state index in [9.17, 15) is 4.79 Å². The molecule has 2 amide bonds. The second kappa shape index (κ2) is 6.10. The van der Waals surface area contributed by atoms with Crippen molar-refractivity contribution in [2.45, 2.75) is 24.6 Å². The molecule has 5 heteroatoms. The number of hydrogen-bond acceptors (Lipinski definition) is 3. The first-order valence-electron chi connectivity index (χ1n) is 4.60. The summed E-state index contributed by atoms with van der Waals surface area (Å²) in [4.78, 5) is 11.1. The topological polar surface area (TPSA) is 61.4 Å². The summed E-state index contributed by atoms with van der Waals surface area (Å²) in [6.45, 7) is 0.314. The maximum Gasteiger partial charge on any atom is 0.315 e. The van der Waals surface area contributed by atoms with Crippen molar-refractivity contribution in [1.29, 1.82) is 0 Å². The Bertz CT molecular complexity index is 160. The van der Waals surface area contributed by atoms with E-state index >= 15 is 0 Å². The molecular weight excluding hydrogens is 188 g/mol. The van der Waals surface area contributed by atoms with Crippen molar-refractivity contribution in [3.8, 4) is 0 Å². The van der Waals surface area contributed by atoms with Gasteiger partial charge in [-0.25, -0.2) is 4.79 Å². The zero-order chi connectivity index (χ0) is 9.52. The minimum absolute atomic E-state index is 0.00870. The van der Waals surface area contributed by atoms with E-state index in [4.69, 9.17) is 5.11 Å². The molecule has 3 N–H and O–H groups in total. The molecule has 1 fully saturated rings. The zero-order valence-electron chi connectivity index (χ0n) is 7.58. The summed E-state index contributed by atoms with van der Waals surface area (Å²) >= 11 is 1.79. The van der Waals surface area contributed by atoms with E-state index in [0.29, 0.717) is 6.54 Å². The highest BCUT2D eigenvalue weighted by molar-refractivity contribution is 7.99. The lowest BCUT2D eigenvalue weighted by Gasteiger charge is -2.22. The van der Waals surface area contributed by atoms with Crippen LogP contribution in [0.25, 0.3) is 0 Å². The Balaban J connectivity index is 2.11. The molecule has 0 spiro atoms. The van der Waals surface area contributed by atoms with Crippen LogP contribution >= 0.6 is 11.8 Å². The molecule has 1 rings (SSSR count). The number of carbonyl (C=O) groups excluding carboxylic acids is 1. The highest BCUT2D eigenvalue weighted by atomic mass is 32.2. The smallest absolute Gasteiger partial charge is 0.315 e. The van der Waals surface area contributed by atoms with E-state index in [-0.39, 0.29) is 18.0 Å². The van der Waals surface area contributed by atoms with Crippen molar-refractivity contribution in [3.05, 3.63) is 0 Å². The number of thioether (sulfide) groups is 1. The van der Waals surface area contributed by atoms with Crippen LogP contribution in [0.3, 0.4) is 0 Å². The second-order valence-corrected chi connectivity index (χ2v) is 4.29. The van der Waals surface area contributed by atoms with E-state index in [1.165, 1.54) is 12.8 Å². The van der Waals surface area contributed by atoms with E-state index in [1.807, 2.05) is 0 Å². The number of amides is 2. The third-order valence-corrected chi connectivity index (χ3v) is 3.15. The van der Waals surface area contributed by atoms with Gasteiger partial charge < -0.3 is 15.7 Å². The van der Waals surface area contributed by atoms with Crippen LogP contribution in [-0.4, -0.2) is 35.4 Å². The van der Waals surface area contributed by atoms with Gasteiger partial charge in [-0.2, -0.15) is 0 Å². The molecule has 0 saturated carbocycles. The maximum atomic E-state index is 11.1. The minimum Gasteiger partial charge on any atom is -0.395 e. The molecule has 0 radical (unpaired) electrons. The number of carbonyl (C=O) groups is 1. The van der Waals surface area contributed by atoms with E-state index < -0.39 is 0 Å². The van der Waals surface area contributed by atoms with Crippen molar-refractivity contribution in [1.82, 2.24) is 10.6 Å². The maximum absolute atomic E-state index is 11.1. The lowest BCUT2D eigenvalue weighted by atomic mass is 10.2. The minimum atomic E-state index is -0.173. The fourth-order valence-electron chi connectivity index (χ4n) is 1.22. The van der Waals surface area contributed by atoms with Gasteiger partial charge in [0, 0.05) is 6.54 Å². The molecule has 4 nitrogen and oxygen atoms in total. The molecule has 1 aliphatic heterocycles. The number of rotatable bonds is 3. The summed E-state index contributed by atoms with van der Waals surface area (Å²) in [6, 6.07) is -0.173. The van der Waals surface area contributed by atoms with Crippen LogP contribution in [0.1, 0.15) is 19.3 Å². The molecule has 1 saturated heterocycles. The van der Waals surface area contributed by atoms with Crippen LogP contribution in [0, 0.1) is 0 Å². The van der Waals surface area contributed by atoms with Gasteiger partial charge in [-0.15, -0.1) is 11.8 Å². The fraction of sp³-hybridized carbons (Fsp3) is 0.875. The molecule has 0 aromatic carbocycles. The van der Waals surface area contributed by atoms with Crippen LogP contribution in [0.5, 0.6) is 0 Å². The molecule has 1 aliphatic rings. The lowest BCUT2D eigenvalue weighted by Crippen LogP contribution is -2.42. The molecule has 0 aliphatic carbocycles. The largest absolute Gasteiger partial charge is 0.395 e. The third-order valence-electron chi connectivity index (χ3n) is 1.87. The van der Waals surface area contributed by atoms with Crippen LogP contribution in [0.2, 0.25) is 0 Å². The normalized spacial score (nSPS) is 22.4. The quantitative estimate of drug-likeness (QED) is 0.628. The van der Waals surface area contributed by atoms with E-state index in [2.05, 4.69) is 10.6 Å². The summed E-state index contributed by atoms with van der Waals surface area (Å²) < 4.78 is 0. The summed E-state index contributed by atoms with van der Waals surface area (Å²) in [5.74, 6) is 1.13. The third kappa shape index (κ3) is 4.38. The first-order chi connectivity index (χ1) is 6.33. The Morgan fingerprint density at radius 3 is 3.00 bits per heavy atom. The average molecular weight is 204 g/mol. The van der Waals surface area contributed by atoms with Crippen molar-refractivity contribution in [2.24, 2.45) is 0 Å². The SMILES string of the molecule is O=C(NCCO)NC1CCCCS1. The molecule has 0 aromatic heterocycles. The standard InChI is InChI=1S/C8H16N2O2S/c11-5-4-9-8(12)10-7-3-1-2-6-13-7/h7,11H,1-6H2,(H2,9,10,12). The van der Waals surface area contributed by atoms with Gasteiger partial charge in [-0.1, -0.05) is 0 Å². The summed E-state index contributed by atoms with van der Waals surface area (Å²) in [5, 5.41) is 14.2. The van der Waals surface area contributed by atoms with Gasteiger partial charge in [-0.3, -0.25) is 0 Å². The molecular formula is C8H16N2O2S. The van der Waals surface area contributed by atoms with Crippen LogP contribution < -0.4 is 10.6 Å². The lowest BCUT2D eigenvalue weighted by molar-refractivity contribution is 0.233. The number of hydrogen-bond donors (Lipinski definition) is 3. The number of nitrogens with one attached hydrogen (secondary N) is 2. The monoisotopic (exact) mass is 204 g/mol. The Hall–Kier alpha value is -0.420. The Morgan fingerprint density at radius 2 is 2.38 bits per heavy atom. The predicted molar refractivity (Wildman–Crippen MR) is 53.7 cm³/mol. The van der Waals surface area contributed by atoms with Crippen molar-refractivity contribution >= 4 is 17.8 Å². The number of urea groups is 1. The Kier molecular flexibility index (Phi) is 5.00. The molecule has 0 bridgehead atoms. The van der Waals surface area contributed by atoms with Crippen molar-refractivity contribution in [3.63, 3.8) is 0 Å². The number of aliphatic hydroxyl groups excluding tert-OH is 1. The molecule has 76 valence electrons. The highest BCUT2D eigenvalue weighted by Crippen LogP contribution is 2.22. The zero-order valence-corrected chi connectivity index (χ0v) is 8.40. The summed E-state index contributed by atoms with van der Waals surface area (Å²) in [6.07, 6.45) is 3.50. The van der Waals surface area contributed by atoms with Gasteiger partial charge >= 0.3 is 6.03 Å². The van der Waals surface area contributed by atoms with Gasteiger partial charge in [-0.05, 0) is 25.0 Å². The molecule has 1 unspecified atom stereocenters. The van der Waals surface area contributed by atoms with Gasteiger partial charge in [0.2, 0.25) is 0 Å². The fourth-order valence-corrected chi connectivity index (χ4v) is 2.40. The van der Waals surface area contributed by atoms with Crippen LogP contribution in [0.15, 0.2) is 0 Å². The highest BCUT2D eigenvalue weighted by Gasteiger charge is 2.15. The molecule has 1 atom stereocenters. The Morgan fingerprint density at radius 1 is 1.54 bits per heavy atom. The molecule has 0 aromatic rings. The predicted octanol–water partition coefficient (Wildman–Crippen LogP) is 0.521. The van der Waals surface area contributed by atoms with Crippen LogP contribution in [-0.2, 0) is 0 Å². The van der Waals surface area contributed by atoms with Gasteiger partial charge in [0.15, 0.2) is 0 Å². The first-order valence-corrected chi connectivity index (χ1v) is 5.64. The van der Waals surface area contributed by atoms with E-state index in [1.54, 1.807) is 11.8 Å². The Labute approximate surface area is 82.5 Å². The van der Waals surface area contributed by atoms with Crippen molar-refractivity contribution in [2.75, 3.05) is 18.9 Å². The van der Waals surface area contributed by atoms with Gasteiger partial charge in [0.05, 0.1) is 12.0 Å². The van der Waals surface area contributed by atoms with Gasteiger partial charge in [0.1, 0.15) is 0 Å². The second-order valence-electron chi connectivity index (χ2n) is 2.98. The van der Waals surface area contributed by atoms with Crippen molar-refractivity contribution < 1.29 is 9.90 Å². The van der Waals surface area contributed by atoms with E-state index in [0.717, 1.165) is 12.2 Å². The molecule has 1 heterocycles. The summed E-state index contributed by atoms with van der Waals surface area (Å²) in [7, 11) is 0. The molecule has 13 heavy (non-hydrogen) atoms. The first kappa shape index (κ1) is 10.7. The summed E-state index contributed by atoms with van der Waals surface area (Å²) in [5.41, 5.74) is 0. The van der Waals surface area contributed by atoms with Crippen LogP contribution in [0.4, 0.5) is 4.79 Å². The average Bonchev–Trinajstić information content (AvgIpc) is 2.16. The van der Waals surface area contributed by atoms with Gasteiger partial charge in [0.25, 0.3) is 0 Å².